The normalized spacial score (nSPS) is 13.2. The van der Waals surface area contributed by atoms with E-state index in [1.54, 1.807) is 17.0 Å². The Morgan fingerprint density at radius 1 is 1.25 bits per heavy atom. The first-order valence-corrected chi connectivity index (χ1v) is 9.37. The SMILES string of the molecule is C=CC(=O)N1CCc2ccc(NC(=O)Cc3[nH]nc4cc(Cl)ccc34)cc2C1. The number of hydrogen-bond donors (Lipinski definition) is 2. The highest BCUT2D eigenvalue weighted by Gasteiger charge is 2.19. The molecule has 6 nitrogen and oxygen atoms in total. The van der Waals surface area contributed by atoms with Gasteiger partial charge in [0.05, 0.1) is 17.6 Å². The number of nitrogens with zero attached hydrogens (tertiary/aromatic N) is 2. The predicted molar refractivity (Wildman–Crippen MR) is 109 cm³/mol. The fourth-order valence-electron chi connectivity index (χ4n) is 3.49. The summed E-state index contributed by atoms with van der Waals surface area (Å²) < 4.78 is 0. The van der Waals surface area contributed by atoms with Crippen LogP contribution in [0.5, 0.6) is 0 Å². The molecule has 0 bridgehead atoms. The number of nitrogens with one attached hydrogen (secondary N) is 2. The Balaban J connectivity index is 1.47. The monoisotopic (exact) mass is 394 g/mol. The highest BCUT2D eigenvalue weighted by Crippen LogP contribution is 2.24. The molecule has 0 radical (unpaired) electrons. The maximum absolute atomic E-state index is 12.5. The van der Waals surface area contributed by atoms with Gasteiger partial charge in [-0.3, -0.25) is 14.7 Å². The lowest BCUT2D eigenvalue weighted by molar-refractivity contribution is -0.126. The van der Waals surface area contributed by atoms with Crippen molar-refractivity contribution in [3.63, 3.8) is 0 Å². The zero-order valence-corrected chi connectivity index (χ0v) is 15.9. The summed E-state index contributed by atoms with van der Waals surface area (Å²) in [6.07, 6.45) is 2.31. The van der Waals surface area contributed by atoms with Crippen molar-refractivity contribution in [3.05, 3.63) is 70.9 Å². The zero-order valence-electron chi connectivity index (χ0n) is 15.2. The van der Waals surface area contributed by atoms with Gasteiger partial charge >= 0.3 is 0 Å². The third-order valence-electron chi connectivity index (χ3n) is 4.92. The van der Waals surface area contributed by atoms with Crippen LogP contribution in [-0.4, -0.2) is 33.5 Å². The van der Waals surface area contributed by atoms with E-state index in [0.29, 0.717) is 23.8 Å². The van der Waals surface area contributed by atoms with Crippen molar-refractivity contribution in [2.45, 2.75) is 19.4 Å². The molecular formula is C21H19ClN4O2. The molecule has 0 saturated carbocycles. The molecule has 2 amide bonds. The molecule has 1 aliphatic rings. The smallest absolute Gasteiger partial charge is 0.246 e. The van der Waals surface area contributed by atoms with E-state index in [4.69, 9.17) is 11.6 Å². The van der Waals surface area contributed by atoms with Crippen molar-refractivity contribution in [2.24, 2.45) is 0 Å². The van der Waals surface area contributed by atoms with Crippen molar-refractivity contribution in [2.75, 3.05) is 11.9 Å². The lowest BCUT2D eigenvalue weighted by Gasteiger charge is -2.28. The third kappa shape index (κ3) is 3.64. The Morgan fingerprint density at radius 3 is 2.93 bits per heavy atom. The van der Waals surface area contributed by atoms with E-state index in [9.17, 15) is 9.59 Å². The van der Waals surface area contributed by atoms with E-state index in [1.807, 2.05) is 24.3 Å². The predicted octanol–water partition coefficient (Wildman–Crippen LogP) is 3.47. The topological polar surface area (TPSA) is 78.1 Å². The van der Waals surface area contributed by atoms with Crippen molar-refractivity contribution in [1.82, 2.24) is 15.1 Å². The number of anilines is 1. The van der Waals surface area contributed by atoms with Crippen LogP contribution in [-0.2, 0) is 29.0 Å². The second kappa shape index (κ2) is 7.48. The molecule has 0 atom stereocenters. The minimum absolute atomic E-state index is 0.0775. The van der Waals surface area contributed by atoms with Crippen molar-refractivity contribution >= 4 is 40.0 Å². The lowest BCUT2D eigenvalue weighted by atomic mass is 9.99. The largest absolute Gasteiger partial charge is 0.335 e. The van der Waals surface area contributed by atoms with Crippen LogP contribution in [0.15, 0.2) is 49.1 Å². The average molecular weight is 395 g/mol. The number of hydrogen-bond acceptors (Lipinski definition) is 3. The van der Waals surface area contributed by atoms with E-state index in [2.05, 4.69) is 22.1 Å². The van der Waals surface area contributed by atoms with Crippen LogP contribution < -0.4 is 5.32 Å². The summed E-state index contributed by atoms with van der Waals surface area (Å²) in [7, 11) is 0. The molecule has 4 rings (SSSR count). The molecule has 7 heteroatoms. The first kappa shape index (κ1) is 18.3. The van der Waals surface area contributed by atoms with E-state index < -0.39 is 0 Å². The average Bonchev–Trinajstić information content (AvgIpc) is 3.08. The van der Waals surface area contributed by atoms with Crippen molar-refractivity contribution < 1.29 is 9.59 Å². The highest BCUT2D eigenvalue weighted by atomic mass is 35.5. The van der Waals surface area contributed by atoms with Gasteiger partial charge in [0.25, 0.3) is 0 Å². The van der Waals surface area contributed by atoms with Crippen molar-refractivity contribution in [1.29, 1.82) is 0 Å². The summed E-state index contributed by atoms with van der Waals surface area (Å²) in [6.45, 7) is 4.75. The number of benzene rings is 2. The summed E-state index contributed by atoms with van der Waals surface area (Å²) in [5.41, 5.74) is 4.42. The van der Waals surface area contributed by atoms with Crippen LogP contribution in [0.25, 0.3) is 10.9 Å². The second-order valence-corrected chi connectivity index (χ2v) is 7.22. The van der Waals surface area contributed by atoms with Gasteiger partial charge < -0.3 is 10.2 Å². The molecule has 3 aromatic rings. The van der Waals surface area contributed by atoms with Gasteiger partial charge in [0.15, 0.2) is 0 Å². The van der Waals surface area contributed by atoms with Gasteiger partial charge in [-0.25, -0.2) is 0 Å². The number of carbonyl (C=O) groups is 2. The molecule has 2 heterocycles. The highest BCUT2D eigenvalue weighted by molar-refractivity contribution is 6.31. The second-order valence-electron chi connectivity index (χ2n) is 6.79. The van der Waals surface area contributed by atoms with Crippen LogP contribution in [0.2, 0.25) is 5.02 Å². The molecule has 28 heavy (non-hydrogen) atoms. The summed E-state index contributed by atoms with van der Waals surface area (Å²) in [5.74, 6) is -0.221. The fourth-order valence-corrected chi connectivity index (χ4v) is 3.66. The Labute approximate surface area is 167 Å². The number of amides is 2. The summed E-state index contributed by atoms with van der Waals surface area (Å²) >= 11 is 5.97. The molecule has 0 spiro atoms. The third-order valence-corrected chi connectivity index (χ3v) is 5.16. The summed E-state index contributed by atoms with van der Waals surface area (Å²) in [4.78, 5) is 26.1. The number of rotatable bonds is 4. The maximum atomic E-state index is 12.5. The minimum atomic E-state index is -0.143. The number of aromatic nitrogens is 2. The Hall–Kier alpha value is -3.12. The minimum Gasteiger partial charge on any atom is -0.335 e. The van der Waals surface area contributed by atoms with Gasteiger partial charge in [0, 0.05) is 29.2 Å². The van der Waals surface area contributed by atoms with E-state index >= 15 is 0 Å². The van der Waals surface area contributed by atoms with Crippen LogP contribution >= 0.6 is 11.6 Å². The Morgan fingerprint density at radius 2 is 2.11 bits per heavy atom. The van der Waals surface area contributed by atoms with Gasteiger partial charge in [0.1, 0.15) is 0 Å². The molecule has 0 aliphatic carbocycles. The van der Waals surface area contributed by atoms with Gasteiger partial charge in [-0.1, -0.05) is 24.2 Å². The lowest BCUT2D eigenvalue weighted by Crippen LogP contribution is -2.34. The summed E-state index contributed by atoms with van der Waals surface area (Å²) in [5, 5.41) is 11.5. The van der Waals surface area contributed by atoms with Crippen LogP contribution in [0.4, 0.5) is 5.69 Å². The Bertz CT molecular complexity index is 1090. The van der Waals surface area contributed by atoms with Crippen LogP contribution in [0.3, 0.4) is 0 Å². The molecule has 0 fully saturated rings. The molecule has 0 unspecified atom stereocenters. The van der Waals surface area contributed by atoms with E-state index in [-0.39, 0.29) is 18.2 Å². The molecule has 1 aromatic heterocycles. The van der Waals surface area contributed by atoms with Crippen molar-refractivity contribution in [3.8, 4) is 0 Å². The van der Waals surface area contributed by atoms with Crippen LogP contribution in [0.1, 0.15) is 16.8 Å². The first-order chi connectivity index (χ1) is 13.5. The zero-order chi connectivity index (χ0) is 19.7. The number of H-pyrrole nitrogens is 1. The molecule has 2 N–H and O–H groups in total. The fraction of sp³-hybridized carbons (Fsp3) is 0.190. The number of halogens is 1. The van der Waals surface area contributed by atoms with Gasteiger partial charge in [-0.15, -0.1) is 0 Å². The molecule has 1 aliphatic heterocycles. The van der Waals surface area contributed by atoms with Gasteiger partial charge in [0.2, 0.25) is 11.8 Å². The van der Waals surface area contributed by atoms with E-state index in [1.165, 1.54) is 11.6 Å². The maximum Gasteiger partial charge on any atom is 0.246 e. The van der Waals surface area contributed by atoms with Gasteiger partial charge in [-0.05, 0) is 54.0 Å². The summed E-state index contributed by atoms with van der Waals surface area (Å²) in [6, 6.07) is 11.2. The number of aromatic amines is 1. The van der Waals surface area contributed by atoms with Crippen LogP contribution in [0, 0.1) is 0 Å². The number of fused-ring (bicyclic) bond motifs is 2. The molecular weight excluding hydrogens is 376 g/mol. The Kier molecular flexibility index (Phi) is 4.88. The first-order valence-electron chi connectivity index (χ1n) is 8.99. The number of carbonyl (C=O) groups excluding carboxylic acids is 2. The van der Waals surface area contributed by atoms with Gasteiger partial charge in [-0.2, -0.15) is 5.10 Å². The molecule has 2 aromatic carbocycles. The quantitative estimate of drug-likeness (QED) is 0.665. The molecule has 0 saturated heterocycles. The van der Waals surface area contributed by atoms with E-state index in [0.717, 1.165) is 28.6 Å². The standard InChI is InChI=1S/C21H19ClN4O2/c1-2-21(28)26-8-7-13-3-5-16(9-14(13)12-26)23-20(27)11-19-17-6-4-15(22)10-18(17)24-25-19/h2-6,9-10H,1,7-8,11-12H2,(H,23,27)(H,24,25). The molecule has 142 valence electrons.